The Balaban J connectivity index is 0.000000607. The summed E-state index contributed by atoms with van der Waals surface area (Å²) in [6.07, 6.45) is -4.07. The Morgan fingerprint density at radius 2 is 1.63 bits per heavy atom. The minimum Gasteiger partial charge on any atom is -0.396 e. The summed E-state index contributed by atoms with van der Waals surface area (Å²) >= 11 is 0. The third-order valence-electron chi connectivity index (χ3n) is 4.39. The van der Waals surface area contributed by atoms with E-state index < -0.39 is 18.5 Å². The number of nitrogens with zero attached hydrogens (tertiary/aromatic N) is 4. The van der Waals surface area contributed by atoms with Gasteiger partial charge < -0.3 is 10.2 Å². The van der Waals surface area contributed by atoms with Crippen molar-refractivity contribution in [3.8, 4) is 0 Å². The molecule has 3 aromatic rings. The summed E-state index contributed by atoms with van der Waals surface area (Å²) in [5.74, 6) is -0.315. The van der Waals surface area contributed by atoms with Crippen LogP contribution in [0.3, 0.4) is 0 Å². The SMILES string of the molecule is Cn1c(=O)n(CCCO)c(=O)c2c1n(C)n2Cc1ccc(F)cc1.OCC(F)(F)F.[HH]. The van der Waals surface area contributed by atoms with E-state index in [4.69, 9.17) is 10.2 Å². The molecule has 2 aromatic heterocycles. The van der Waals surface area contributed by atoms with Crippen LogP contribution in [0.4, 0.5) is 17.6 Å². The molecule has 0 bridgehead atoms. The number of aliphatic hydroxyl groups is 2. The van der Waals surface area contributed by atoms with E-state index in [0.717, 1.165) is 10.1 Å². The third-order valence-corrected chi connectivity index (χ3v) is 4.39. The normalized spacial score (nSPS) is 11.6. The van der Waals surface area contributed by atoms with Crippen molar-refractivity contribution in [2.75, 3.05) is 13.2 Å². The second-order valence-corrected chi connectivity index (χ2v) is 6.53. The van der Waals surface area contributed by atoms with Gasteiger partial charge in [-0.3, -0.25) is 23.3 Å². The topological polar surface area (TPSA) is 94.3 Å². The highest BCUT2D eigenvalue weighted by Gasteiger charge is 2.24. The van der Waals surface area contributed by atoms with Gasteiger partial charge in [-0.25, -0.2) is 9.18 Å². The van der Waals surface area contributed by atoms with Crippen LogP contribution in [0.25, 0.3) is 11.2 Å². The summed E-state index contributed by atoms with van der Waals surface area (Å²) < 4.78 is 50.7. The maximum atomic E-state index is 13.0. The molecule has 0 aliphatic heterocycles. The first-order valence-electron chi connectivity index (χ1n) is 8.89. The van der Waals surface area contributed by atoms with E-state index in [1.807, 2.05) is 0 Å². The quantitative estimate of drug-likeness (QED) is 0.588. The molecule has 0 spiro atoms. The van der Waals surface area contributed by atoms with Crippen LogP contribution >= 0.6 is 0 Å². The zero-order valence-electron chi connectivity index (χ0n) is 16.4. The number of rotatable bonds is 5. The van der Waals surface area contributed by atoms with Crippen molar-refractivity contribution in [3.05, 3.63) is 56.5 Å². The zero-order chi connectivity index (χ0) is 22.6. The maximum Gasteiger partial charge on any atom is 0.411 e. The minimum absolute atomic E-state index is 0. The molecule has 0 atom stereocenters. The molecule has 168 valence electrons. The number of fused-ring (bicyclic) bond motifs is 1. The Bertz CT molecular complexity index is 1110. The summed E-state index contributed by atoms with van der Waals surface area (Å²) in [5.41, 5.74) is 1.06. The van der Waals surface area contributed by atoms with Crippen LogP contribution in [0.5, 0.6) is 0 Å². The molecule has 0 radical (unpaired) electrons. The summed E-state index contributed by atoms with van der Waals surface area (Å²) in [4.78, 5) is 25.0. The molecule has 0 aliphatic carbocycles. The molecule has 12 heteroatoms. The van der Waals surface area contributed by atoms with Gasteiger partial charge in [0.15, 0.2) is 11.2 Å². The van der Waals surface area contributed by atoms with E-state index in [9.17, 15) is 27.2 Å². The monoisotopic (exact) mass is 436 g/mol. The number of alkyl halides is 3. The second kappa shape index (κ2) is 9.30. The number of benzene rings is 1. The van der Waals surface area contributed by atoms with E-state index in [2.05, 4.69) is 0 Å². The summed E-state index contributed by atoms with van der Waals surface area (Å²) in [5, 5.41) is 16.2. The van der Waals surface area contributed by atoms with Crippen LogP contribution in [0.2, 0.25) is 0 Å². The predicted octanol–water partition coefficient (Wildman–Crippen LogP) is 1.20. The van der Waals surface area contributed by atoms with E-state index >= 15 is 0 Å². The van der Waals surface area contributed by atoms with Crippen molar-refractivity contribution in [2.24, 2.45) is 14.1 Å². The molecule has 8 nitrogen and oxygen atoms in total. The molecule has 0 amide bonds. The number of aryl methyl sites for hydroxylation is 2. The van der Waals surface area contributed by atoms with Crippen LogP contribution in [0, 0.1) is 5.82 Å². The number of aliphatic hydroxyl groups excluding tert-OH is 2. The molecule has 0 saturated carbocycles. The molecule has 2 N–H and O–H groups in total. The first-order valence-corrected chi connectivity index (χ1v) is 8.89. The molecule has 1 aromatic carbocycles. The van der Waals surface area contributed by atoms with Gasteiger partial charge in [0.2, 0.25) is 0 Å². The van der Waals surface area contributed by atoms with Crippen LogP contribution < -0.4 is 11.2 Å². The number of aromatic nitrogens is 4. The minimum atomic E-state index is -4.40. The van der Waals surface area contributed by atoms with E-state index in [0.29, 0.717) is 24.1 Å². The largest absolute Gasteiger partial charge is 0.411 e. The molecule has 2 heterocycles. The Morgan fingerprint density at radius 3 is 2.13 bits per heavy atom. The summed E-state index contributed by atoms with van der Waals surface area (Å²) in [6, 6.07) is 6.06. The van der Waals surface area contributed by atoms with Gasteiger partial charge in [-0.05, 0) is 24.1 Å². The standard InChI is InChI=1S/C16H19FN4O3.C2H3F3O.H2/c1-18-14-13(15(23)20(16(18)24)8-3-9-22)21(19(14)2)10-11-4-6-12(17)7-5-11;3-2(4,5)1-6;/h4-7,22H,3,8-10H2,1-2H3;6H,1H2;1H. The van der Waals surface area contributed by atoms with Gasteiger partial charge in [-0.2, -0.15) is 13.2 Å². The van der Waals surface area contributed by atoms with Crippen molar-refractivity contribution >= 4 is 11.2 Å². The second-order valence-electron chi connectivity index (χ2n) is 6.53. The molecule has 3 rings (SSSR count). The van der Waals surface area contributed by atoms with Crippen LogP contribution in [0.15, 0.2) is 33.9 Å². The summed E-state index contributed by atoms with van der Waals surface area (Å²) in [7, 11) is 3.38. The lowest BCUT2D eigenvalue weighted by Crippen LogP contribution is -2.44. The van der Waals surface area contributed by atoms with Gasteiger partial charge in [0.05, 0.1) is 6.54 Å². The lowest BCUT2D eigenvalue weighted by Gasteiger charge is -2.25. The molecule has 0 aliphatic rings. The number of hydrogen-bond donors (Lipinski definition) is 2. The smallest absolute Gasteiger partial charge is 0.396 e. The Labute approximate surface area is 169 Å². The lowest BCUT2D eigenvalue weighted by atomic mass is 10.2. The van der Waals surface area contributed by atoms with Crippen molar-refractivity contribution in [3.63, 3.8) is 0 Å². The average Bonchev–Trinajstić information content (AvgIpc) is 2.69. The maximum absolute atomic E-state index is 13.0. The fourth-order valence-electron chi connectivity index (χ4n) is 2.93. The molecule has 0 unspecified atom stereocenters. The highest BCUT2D eigenvalue weighted by atomic mass is 19.4. The van der Waals surface area contributed by atoms with Gasteiger partial charge in [-0.15, -0.1) is 0 Å². The fourth-order valence-corrected chi connectivity index (χ4v) is 2.93. The van der Waals surface area contributed by atoms with Crippen molar-refractivity contribution < 1.29 is 29.2 Å². The van der Waals surface area contributed by atoms with Gasteiger partial charge in [0, 0.05) is 28.7 Å². The predicted molar refractivity (Wildman–Crippen MR) is 103 cm³/mol. The number of hydrogen-bond acceptors (Lipinski definition) is 4. The molecular weight excluding hydrogens is 412 g/mol. The van der Waals surface area contributed by atoms with Gasteiger partial charge in [0.25, 0.3) is 5.56 Å². The van der Waals surface area contributed by atoms with Gasteiger partial charge >= 0.3 is 11.9 Å². The molecule has 30 heavy (non-hydrogen) atoms. The number of halogens is 4. The van der Waals surface area contributed by atoms with Crippen LogP contribution in [-0.4, -0.2) is 48.1 Å². The van der Waals surface area contributed by atoms with Gasteiger partial charge in [0.1, 0.15) is 12.4 Å². The van der Waals surface area contributed by atoms with Crippen molar-refractivity contribution in [2.45, 2.75) is 25.7 Å². The molecule has 0 saturated heterocycles. The first-order chi connectivity index (χ1) is 14.0. The zero-order valence-corrected chi connectivity index (χ0v) is 16.4. The van der Waals surface area contributed by atoms with E-state index in [1.54, 1.807) is 35.6 Å². The van der Waals surface area contributed by atoms with E-state index in [-0.39, 0.29) is 26.0 Å². The highest BCUT2D eigenvalue weighted by molar-refractivity contribution is 5.73. The first kappa shape index (κ1) is 23.4. The highest BCUT2D eigenvalue weighted by Crippen LogP contribution is 2.15. The van der Waals surface area contributed by atoms with Gasteiger partial charge in [-0.1, -0.05) is 12.1 Å². The van der Waals surface area contributed by atoms with Crippen LogP contribution in [0.1, 0.15) is 13.4 Å². The van der Waals surface area contributed by atoms with Crippen molar-refractivity contribution in [1.82, 2.24) is 18.5 Å². The van der Waals surface area contributed by atoms with Crippen LogP contribution in [-0.2, 0) is 27.2 Å². The molecular formula is C18H24F4N4O4. The Morgan fingerprint density at radius 1 is 1.07 bits per heavy atom. The lowest BCUT2D eigenvalue weighted by molar-refractivity contribution is -0.159. The average molecular weight is 436 g/mol. The van der Waals surface area contributed by atoms with Crippen molar-refractivity contribution in [1.29, 1.82) is 0 Å². The third kappa shape index (κ3) is 5.00. The Kier molecular flexibility index (Phi) is 7.26. The van der Waals surface area contributed by atoms with E-state index in [1.165, 1.54) is 16.7 Å². The molecule has 0 fully saturated rings. The fraction of sp³-hybridized carbons (Fsp3) is 0.444. The summed E-state index contributed by atoms with van der Waals surface area (Å²) in [6.45, 7) is -1.25. The Hall–Kier alpha value is -2.86.